The summed E-state index contributed by atoms with van der Waals surface area (Å²) >= 11 is 0. The van der Waals surface area contributed by atoms with E-state index in [9.17, 15) is 0 Å². The van der Waals surface area contributed by atoms with Crippen molar-refractivity contribution in [3.63, 3.8) is 0 Å². The van der Waals surface area contributed by atoms with Crippen LogP contribution in [0, 0.1) is 0 Å². The van der Waals surface area contributed by atoms with Crippen LogP contribution < -0.4 is 22.9 Å². The van der Waals surface area contributed by atoms with Gasteiger partial charge in [-0.25, -0.2) is 0 Å². The Bertz CT molecular complexity index is 97.2. The molecule has 0 bridgehead atoms. The van der Waals surface area contributed by atoms with E-state index >= 15 is 0 Å². The highest BCUT2D eigenvalue weighted by molar-refractivity contribution is 4.85. The summed E-state index contributed by atoms with van der Waals surface area (Å²) < 4.78 is 0. The second kappa shape index (κ2) is 6.37. The van der Waals surface area contributed by atoms with Crippen molar-refractivity contribution in [2.75, 3.05) is 19.6 Å². The van der Waals surface area contributed by atoms with E-state index in [0.29, 0.717) is 19.6 Å². The normalized spacial score (nSPS) is 12.0. The SMILES string of the molecule is NCCCC(N)(CN)CCCN. The van der Waals surface area contributed by atoms with E-state index in [-0.39, 0.29) is 5.54 Å². The molecule has 0 aromatic heterocycles. The largest absolute Gasteiger partial charge is 0.330 e. The number of hydrogen-bond donors (Lipinski definition) is 4. The predicted molar refractivity (Wildman–Crippen MR) is 52.5 cm³/mol. The summed E-state index contributed by atoms with van der Waals surface area (Å²) in [6.45, 7) is 1.89. The minimum Gasteiger partial charge on any atom is -0.330 e. The van der Waals surface area contributed by atoms with Crippen LogP contribution in [-0.4, -0.2) is 25.2 Å². The lowest BCUT2D eigenvalue weighted by Gasteiger charge is -2.27. The molecule has 8 N–H and O–H groups in total. The van der Waals surface area contributed by atoms with Crippen molar-refractivity contribution in [3.05, 3.63) is 0 Å². The van der Waals surface area contributed by atoms with Crippen molar-refractivity contribution in [3.8, 4) is 0 Å². The van der Waals surface area contributed by atoms with E-state index in [0.717, 1.165) is 25.7 Å². The van der Waals surface area contributed by atoms with E-state index in [4.69, 9.17) is 22.9 Å². The molecule has 0 rings (SSSR count). The number of hydrogen-bond acceptors (Lipinski definition) is 4. The van der Waals surface area contributed by atoms with Crippen LogP contribution in [0.3, 0.4) is 0 Å². The van der Waals surface area contributed by atoms with Gasteiger partial charge < -0.3 is 22.9 Å². The van der Waals surface area contributed by atoms with Gasteiger partial charge in [-0.2, -0.15) is 0 Å². The molecule has 0 radical (unpaired) electrons. The van der Waals surface area contributed by atoms with E-state index in [1.54, 1.807) is 0 Å². The molecule has 4 heteroatoms. The Hall–Kier alpha value is -0.160. The van der Waals surface area contributed by atoms with Crippen LogP contribution in [0.25, 0.3) is 0 Å². The molecule has 0 saturated carbocycles. The molecule has 0 aliphatic carbocycles. The molecule has 0 spiro atoms. The van der Waals surface area contributed by atoms with Gasteiger partial charge in [-0.1, -0.05) is 0 Å². The molecule has 0 fully saturated rings. The van der Waals surface area contributed by atoms with Crippen LogP contribution in [0.2, 0.25) is 0 Å². The molecule has 74 valence electrons. The predicted octanol–water partition coefficient (Wildman–Crippen LogP) is -0.880. The summed E-state index contributed by atoms with van der Waals surface area (Å²) in [5.41, 5.74) is 22.2. The zero-order chi connectivity index (χ0) is 9.45. The smallest absolute Gasteiger partial charge is 0.0279 e. The van der Waals surface area contributed by atoms with Crippen molar-refractivity contribution in [1.82, 2.24) is 0 Å². The van der Waals surface area contributed by atoms with Crippen LogP contribution in [0.15, 0.2) is 0 Å². The maximum absolute atomic E-state index is 6.03. The third-order valence-corrected chi connectivity index (χ3v) is 2.16. The van der Waals surface area contributed by atoms with Crippen LogP contribution in [0.5, 0.6) is 0 Å². The van der Waals surface area contributed by atoms with E-state index < -0.39 is 0 Å². The first-order valence-electron chi connectivity index (χ1n) is 4.57. The van der Waals surface area contributed by atoms with Gasteiger partial charge in [-0.15, -0.1) is 0 Å². The average Bonchev–Trinajstić information content (AvgIpc) is 2.11. The molecule has 0 heterocycles. The minimum atomic E-state index is -0.237. The Morgan fingerprint density at radius 1 is 0.833 bits per heavy atom. The fraction of sp³-hybridized carbons (Fsp3) is 1.00. The molecule has 4 nitrogen and oxygen atoms in total. The zero-order valence-corrected chi connectivity index (χ0v) is 7.76. The molecule has 0 unspecified atom stereocenters. The van der Waals surface area contributed by atoms with Gasteiger partial charge in [0.05, 0.1) is 0 Å². The summed E-state index contributed by atoms with van der Waals surface area (Å²) in [4.78, 5) is 0. The molecule has 0 amide bonds. The van der Waals surface area contributed by atoms with Gasteiger partial charge in [0.15, 0.2) is 0 Å². The van der Waals surface area contributed by atoms with Gasteiger partial charge in [0, 0.05) is 12.1 Å². The third-order valence-electron chi connectivity index (χ3n) is 2.16. The Kier molecular flexibility index (Phi) is 6.28. The van der Waals surface area contributed by atoms with Gasteiger partial charge in [0.2, 0.25) is 0 Å². The van der Waals surface area contributed by atoms with Crippen molar-refractivity contribution in [1.29, 1.82) is 0 Å². The molecule has 0 aromatic carbocycles. The Morgan fingerprint density at radius 2 is 1.25 bits per heavy atom. The summed E-state index contributed by atoms with van der Waals surface area (Å²) in [5, 5.41) is 0. The van der Waals surface area contributed by atoms with Crippen LogP contribution in [0.4, 0.5) is 0 Å². The lowest BCUT2D eigenvalue weighted by Crippen LogP contribution is -2.47. The maximum Gasteiger partial charge on any atom is 0.0279 e. The average molecular weight is 174 g/mol. The molecule has 0 aliphatic heterocycles. The fourth-order valence-corrected chi connectivity index (χ4v) is 1.24. The number of nitrogens with two attached hydrogens (primary N) is 4. The Balaban J connectivity index is 3.70. The molecule has 0 atom stereocenters. The first kappa shape index (κ1) is 11.8. The first-order chi connectivity index (χ1) is 5.68. The third kappa shape index (κ3) is 4.66. The van der Waals surface area contributed by atoms with Gasteiger partial charge >= 0.3 is 0 Å². The highest BCUT2D eigenvalue weighted by atomic mass is 14.8. The topological polar surface area (TPSA) is 104 Å². The quantitative estimate of drug-likeness (QED) is 0.402. The summed E-state index contributed by atoms with van der Waals surface area (Å²) in [7, 11) is 0. The molecule has 0 aromatic rings. The standard InChI is InChI=1S/C8H22N4/c9-5-1-3-8(12,7-11)4-2-6-10/h1-7,9-12H2. The summed E-state index contributed by atoms with van der Waals surface area (Å²) in [5.74, 6) is 0. The number of rotatable bonds is 7. The molecule has 0 aliphatic rings. The van der Waals surface area contributed by atoms with Gasteiger partial charge in [0.1, 0.15) is 0 Å². The second-order valence-electron chi connectivity index (χ2n) is 3.35. The van der Waals surface area contributed by atoms with E-state index in [1.165, 1.54) is 0 Å². The van der Waals surface area contributed by atoms with Crippen LogP contribution in [0.1, 0.15) is 25.7 Å². The van der Waals surface area contributed by atoms with Crippen molar-refractivity contribution >= 4 is 0 Å². The van der Waals surface area contributed by atoms with Crippen molar-refractivity contribution in [2.24, 2.45) is 22.9 Å². The molecule has 12 heavy (non-hydrogen) atoms. The highest BCUT2D eigenvalue weighted by Crippen LogP contribution is 2.14. The lowest BCUT2D eigenvalue weighted by atomic mass is 9.89. The Morgan fingerprint density at radius 3 is 1.50 bits per heavy atom. The van der Waals surface area contributed by atoms with Gasteiger partial charge in [-0.05, 0) is 38.8 Å². The van der Waals surface area contributed by atoms with Gasteiger partial charge in [0.25, 0.3) is 0 Å². The fourth-order valence-electron chi connectivity index (χ4n) is 1.24. The van der Waals surface area contributed by atoms with Crippen molar-refractivity contribution < 1.29 is 0 Å². The van der Waals surface area contributed by atoms with E-state index in [1.807, 2.05) is 0 Å². The monoisotopic (exact) mass is 174 g/mol. The van der Waals surface area contributed by atoms with Crippen molar-refractivity contribution in [2.45, 2.75) is 31.2 Å². The first-order valence-corrected chi connectivity index (χ1v) is 4.57. The van der Waals surface area contributed by atoms with Crippen LogP contribution >= 0.6 is 0 Å². The molecular formula is C8H22N4. The Labute approximate surface area is 74.7 Å². The second-order valence-corrected chi connectivity index (χ2v) is 3.35. The molecular weight excluding hydrogens is 152 g/mol. The zero-order valence-electron chi connectivity index (χ0n) is 7.76. The highest BCUT2D eigenvalue weighted by Gasteiger charge is 2.21. The molecule has 0 saturated heterocycles. The van der Waals surface area contributed by atoms with E-state index in [2.05, 4.69) is 0 Å². The summed E-state index contributed by atoms with van der Waals surface area (Å²) in [6.07, 6.45) is 3.69. The van der Waals surface area contributed by atoms with Crippen LogP contribution in [-0.2, 0) is 0 Å². The van der Waals surface area contributed by atoms with Gasteiger partial charge in [-0.3, -0.25) is 0 Å². The maximum atomic E-state index is 6.03. The summed E-state index contributed by atoms with van der Waals surface area (Å²) in [6, 6.07) is 0. The minimum absolute atomic E-state index is 0.237. The lowest BCUT2D eigenvalue weighted by molar-refractivity contribution is 0.360.